The average Bonchev–Trinajstić information content (AvgIpc) is 2.28. The van der Waals surface area contributed by atoms with Crippen LogP contribution in [0.4, 0.5) is 0 Å². The van der Waals surface area contributed by atoms with E-state index in [2.05, 4.69) is 0 Å². The third-order valence-corrected chi connectivity index (χ3v) is 2.84. The molecule has 16 heavy (non-hydrogen) atoms. The smallest absolute Gasteiger partial charge is 0.119 e. The molecule has 0 fully saturated rings. The van der Waals surface area contributed by atoms with Crippen molar-refractivity contribution in [2.24, 2.45) is 5.73 Å². The van der Waals surface area contributed by atoms with Crippen molar-refractivity contribution in [3.8, 4) is 5.75 Å². The summed E-state index contributed by atoms with van der Waals surface area (Å²) in [5, 5.41) is 9.87. The number of ether oxygens (including phenoxy) is 1. The quantitative estimate of drug-likeness (QED) is 0.804. The number of nitrogens with two attached hydrogens (primary N) is 1. The summed E-state index contributed by atoms with van der Waals surface area (Å²) in [6.07, 6.45) is 1.19. The lowest BCUT2D eigenvalue weighted by Gasteiger charge is -2.20. The van der Waals surface area contributed by atoms with E-state index < -0.39 is 6.10 Å². The Morgan fingerprint density at radius 1 is 1.44 bits per heavy atom. The van der Waals surface area contributed by atoms with Gasteiger partial charge in [0.2, 0.25) is 0 Å². The van der Waals surface area contributed by atoms with Crippen LogP contribution in [0, 0.1) is 6.92 Å². The van der Waals surface area contributed by atoms with Crippen LogP contribution in [0.5, 0.6) is 5.75 Å². The van der Waals surface area contributed by atoms with Crippen molar-refractivity contribution < 1.29 is 9.84 Å². The molecule has 0 aliphatic heterocycles. The van der Waals surface area contributed by atoms with Crippen molar-refractivity contribution in [2.75, 3.05) is 7.11 Å². The van der Waals surface area contributed by atoms with Gasteiger partial charge in [0, 0.05) is 0 Å². The Hall–Kier alpha value is -1.06. The highest BCUT2D eigenvalue weighted by Gasteiger charge is 2.17. The summed E-state index contributed by atoms with van der Waals surface area (Å²) in [4.78, 5) is 0. The Kier molecular flexibility index (Phi) is 4.77. The van der Waals surface area contributed by atoms with Crippen LogP contribution in [-0.4, -0.2) is 18.3 Å². The van der Waals surface area contributed by atoms with Crippen LogP contribution >= 0.6 is 0 Å². The van der Waals surface area contributed by atoms with Gasteiger partial charge >= 0.3 is 0 Å². The fourth-order valence-electron chi connectivity index (χ4n) is 1.83. The van der Waals surface area contributed by atoms with Crippen LogP contribution < -0.4 is 10.5 Å². The van der Waals surface area contributed by atoms with Crippen molar-refractivity contribution in [2.45, 2.75) is 38.8 Å². The second kappa shape index (κ2) is 5.87. The van der Waals surface area contributed by atoms with E-state index in [1.54, 1.807) is 7.11 Å². The minimum Gasteiger partial charge on any atom is -0.497 e. The fourth-order valence-corrected chi connectivity index (χ4v) is 1.83. The summed E-state index contributed by atoms with van der Waals surface area (Å²) < 4.78 is 5.13. The van der Waals surface area contributed by atoms with Crippen molar-refractivity contribution in [1.29, 1.82) is 0 Å². The Labute approximate surface area is 97.2 Å². The number of aliphatic hydroxyl groups is 1. The van der Waals surface area contributed by atoms with E-state index in [4.69, 9.17) is 10.5 Å². The molecule has 0 heterocycles. The molecule has 0 radical (unpaired) electrons. The number of methoxy groups -OCH3 is 1. The first kappa shape index (κ1) is 13.0. The van der Waals surface area contributed by atoms with E-state index in [1.807, 2.05) is 32.0 Å². The van der Waals surface area contributed by atoms with E-state index in [-0.39, 0.29) is 6.04 Å². The van der Waals surface area contributed by atoms with E-state index in [9.17, 15) is 5.11 Å². The average molecular weight is 223 g/mol. The van der Waals surface area contributed by atoms with Crippen molar-refractivity contribution in [1.82, 2.24) is 0 Å². The van der Waals surface area contributed by atoms with Gasteiger partial charge in [0.15, 0.2) is 0 Å². The largest absolute Gasteiger partial charge is 0.497 e. The van der Waals surface area contributed by atoms with Gasteiger partial charge in [-0.2, -0.15) is 0 Å². The van der Waals surface area contributed by atoms with Gasteiger partial charge in [-0.1, -0.05) is 19.4 Å². The van der Waals surface area contributed by atoms with Gasteiger partial charge in [0.05, 0.1) is 19.3 Å². The van der Waals surface area contributed by atoms with Crippen LogP contribution in [0.3, 0.4) is 0 Å². The summed E-state index contributed by atoms with van der Waals surface area (Å²) in [6, 6.07) is 5.43. The lowest BCUT2D eigenvalue weighted by atomic mass is 9.95. The van der Waals surface area contributed by atoms with Crippen LogP contribution in [0.2, 0.25) is 0 Å². The number of aryl methyl sites for hydroxylation is 1. The van der Waals surface area contributed by atoms with Gasteiger partial charge < -0.3 is 15.6 Å². The summed E-state index contributed by atoms with van der Waals surface area (Å²) in [7, 11) is 1.64. The standard InChI is InChI=1S/C13H21NO2/c1-4-5-12(15)13(14)11-7-6-10(16-3)8-9(11)2/h6-8,12-13,15H,4-5,14H2,1-3H3/t12-,13+/m1/s1. The Balaban J connectivity index is 2.87. The van der Waals surface area contributed by atoms with Crippen LogP contribution in [-0.2, 0) is 0 Å². The minimum absolute atomic E-state index is 0.314. The Bertz CT molecular complexity index is 339. The molecule has 90 valence electrons. The molecular weight excluding hydrogens is 202 g/mol. The molecule has 3 N–H and O–H groups in total. The maximum Gasteiger partial charge on any atom is 0.119 e. The molecule has 1 rings (SSSR count). The molecule has 3 heteroatoms. The molecule has 0 unspecified atom stereocenters. The molecule has 0 bridgehead atoms. The fraction of sp³-hybridized carbons (Fsp3) is 0.538. The molecule has 0 spiro atoms. The lowest BCUT2D eigenvalue weighted by Crippen LogP contribution is -2.26. The topological polar surface area (TPSA) is 55.5 Å². The predicted molar refractivity (Wildman–Crippen MR) is 65.6 cm³/mol. The summed E-state index contributed by atoms with van der Waals surface area (Å²) in [5.74, 6) is 0.818. The third-order valence-electron chi connectivity index (χ3n) is 2.84. The van der Waals surface area contributed by atoms with Crippen molar-refractivity contribution in [3.05, 3.63) is 29.3 Å². The van der Waals surface area contributed by atoms with Crippen LogP contribution in [0.1, 0.15) is 36.9 Å². The predicted octanol–water partition coefficient (Wildman–Crippen LogP) is 2.16. The zero-order valence-corrected chi connectivity index (χ0v) is 10.2. The zero-order chi connectivity index (χ0) is 12.1. The Morgan fingerprint density at radius 3 is 2.62 bits per heavy atom. The van der Waals surface area contributed by atoms with E-state index in [1.165, 1.54) is 0 Å². The number of benzene rings is 1. The van der Waals surface area contributed by atoms with E-state index in [0.29, 0.717) is 0 Å². The van der Waals surface area contributed by atoms with Crippen molar-refractivity contribution >= 4 is 0 Å². The monoisotopic (exact) mass is 223 g/mol. The van der Waals surface area contributed by atoms with Gasteiger partial charge in [-0.3, -0.25) is 0 Å². The maximum atomic E-state index is 9.87. The highest BCUT2D eigenvalue weighted by molar-refractivity contribution is 5.36. The second-order valence-corrected chi connectivity index (χ2v) is 4.10. The molecule has 1 aromatic carbocycles. The Morgan fingerprint density at radius 2 is 2.12 bits per heavy atom. The molecule has 0 aromatic heterocycles. The van der Waals surface area contributed by atoms with Gasteiger partial charge in [0.1, 0.15) is 5.75 Å². The van der Waals surface area contributed by atoms with Gasteiger partial charge in [-0.05, 0) is 36.6 Å². The van der Waals surface area contributed by atoms with E-state index >= 15 is 0 Å². The summed E-state index contributed by atoms with van der Waals surface area (Å²) in [5.41, 5.74) is 8.07. The van der Waals surface area contributed by atoms with Gasteiger partial charge in [-0.15, -0.1) is 0 Å². The first-order valence-electron chi connectivity index (χ1n) is 5.68. The van der Waals surface area contributed by atoms with Crippen LogP contribution in [0.15, 0.2) is 18.2 Å². The number of hydrogen-bond acceptors (Lipinski definition) is 3. The summed E-state index contributed by atoms with van der Waals surface area (Å²) >= 11 is 0. The molecular formula is C13H21NO2. The molecule has 0 aliphatic rings. The highest BCUT2D eigenvalue weighted by atomic mass is 16.5. The SMILES string of the molecule is CCC[C@@H](O)[C@@H](N)c1ccc(OC)cc1C. The van der Waals surface area contributed by atoms with Gasteiger partial charge in [-0.25, -0.2) is 0 Å². The first-order chi connectivity index (χ1) is 7.60. The molecule has 2 atom stereocenters. The minimum atomic E-state index is -0.475. The maximum absolute atomic E-state index is 9.87. The summed E-state index contributed by atoms with van der Waals surface area (Å²) in [6.45, 7) is 4.02. The van der Waals surface area contributed by atoms with Crippen molar-refractivity contribution in [3.63, 3.8) is 0 Å². The molecule has 0 saturated heterocycles. The number of aliphatic hydroxyl groups excluding tert-OH is 1. The molecule has 0 amide bonds. The normalized spacial score (nSPS) is 14.6. The first-order valence-corrected chi connectivity index (χ1v) is 5.68. The lowest BCUT2D eigenvalue weighted by molar-refractivity contribution is 0.134. The highest BCUT2D eigenvalue weighted by Crippen LogP contribution is 2.24. The molecule has 0 saturated carbocycles. The second-order valence-electron chi connectivity index (χ2n) is 4.10. The van der Waals surface area contributed by atoms with Crippen LogP contribution in [0.25, 0.3) is 0 Å². The zero-order valence-electron chi connectivity index (χ0n) is 10.2. The van der Waals surface area contributed by atoms with E-state index in [0.717, 1.165) is 29.7 Å². The third kappa shape index (κ3) is 2.97. The number of hydrogen-bond donors (Lipinski definition) is 2. The molecule has 1 aromatic rings. The number of rotatable bonds is 5. The molecule has 0 aliphatic carbocycles. The van der Waals surface area contributed by atoms with Gasteiger partial charge in [0.25, 0.3) is 0 Å². The molecule has 3 nitrogen and oxygen atoms in total.